The van der Waals surface area contributed by atoms with Crippen molar-refractivity contribution in [3.63, 3.8) is 0 Å². The molecular formula is C9H13NO3. The number of carboxylic acids is 1. The molecule has 4 heteroatoms. The normalized spacial score (nSPS) is 18.8. The van der Waals surface area contributed by atoms with Crippen LogP contribution in [0.3, 0.4) is 0 Å². The molecule has 0 bridgehead atoms. The van der Waals surface area contributed by atoms with Crippen molar-refractivity contribution in [3.05, 3.63) is 23.5 Å². The fraction of sp³-hybridized carbons (Fsp3) is 0.444. The molecule has 0 heterocycles. The Kier molecular flexibility index (Phi) is 3.08. The zero-order valence-corrected chi connectivity index (χ0v) is 7.23. The Morgan fingerprint density at radius 1 is 1.69 bits per heavy atom. The monoisotopic (exact) mass is 183 g/mol. The lowest BCUT2D eigenvalue weighted by Gasteiger charge is -2.12. The summed E-state index contributed by atoms with van der Waals surface area (Å²) < 4.78 is 0. The van der Waals surface area contributed by atoms with Crippen molar-refractivity contribution in [3.8, 4) is 0 Å². The highest BCUT2D eigenvalue weighted by Gasteiger charge is 2.16. The summed E-state index contributed by atoms with van der Waals surface area (Å²) in [7, 11) is 0. The number of carboxylic acid groups (broad SMARTS) is 1. The minimum Gasteiger partial charge on any atom is -0.512 e. The topological polar surface area (TPSA) is 83.5 Å². The van der Waals surface area contributed by atoms with Crippen LogP contribution in [0.15, 0.2) is 23.5 Å². The number of rotatable bonds is 3. The Balaban J connectivity index is 2.62. The highest BCUT2D eigenvalue weighted by atomic mass is 16.4. The Hall–Kier alpha value is -1.29. The molecule has 72 valence electrons. The van der Waals surface area contributed by atoms with Gasteiger partial charge in [0.05, 0.1) is 5.76 Å². The number of aliphatic carboxylic acids is 1. The van der Waals surface area contributed by atoms with E-state index >= 15 is 0 Å². The first-order valence-electron chi connectivity index (χ1n) is 4.17. The van der Waals surface area contributed by atoms with Crippen LogP contribution in [0.1, 0.15) is 19.3 Å². The van der Waals surface area contributed by atoms with E-state index in [2.05, 4.69) is 0 Å². The molecule has 1 aliphatic carbocycles. The van der Waals surface area contributed by atoms with E-state index in [-0.39, 0.29) is 12.2 Å². The van der Waals surface area contributed by atoms with Crippen molar-refractivity contribution >= 4 is 5.97 Å². The summed E-state index contributed by atoms with van der Waals surface area (Å²) in [6.07, 6.45) is 5.22. The van der Waals surface area contributed by atoms with E-state index in [1.165, 1.54) is 0 Å². The molecule has 0 aromatic rings. The van der Waals surface area contributed by atoms with Crippen molar-refractivity contribution in [2.75, 3.05) is 0 Å². The molecule has 0 amide bonds. The Labute approximate surface area is 76.4 Å². The van der Waals surface area contributed by atoms with Crippen LogP contribution in [0, 0.1) is 0 Å². The maximum Gasteiger partial charge on any atom is 0.320 e. The van der Waals surface area contributed by atoms with E-state index in [9.17, 15) is 9.90 Å². The fourth-order valence-electron chi connectivity index (χ4n) is 1.21. The number of aliphatic hydroxyl groups excluding tert-OH is 1. The lowest BCUT2D eigenvalue weighted by Crippen LogP contribution is -2.30. The molecule has 0 fully saturated rings. The van der Waals surface area contributed by atoms with E-state index in [1.54, 1.807) is 6.08 Å². The van der Waals surface area contributed by atoms with Gasteiger partial charge in [-0.05, 0) is 12.0 Å². The molecule has 1 unspecified atom stereocenters. The summed E-state index contributed by atoms with van der Waals surface area (Å²) in [6, 6.07) is -0.931. The third-order valence-corrected chi connectivity index (χ3v) is 1.99. The summed E-state index contributed by atoms with van der Waals surface area (Å²) in [5.41, 5.74) is 5.97. The number of hydrogen-bond acceptors (Lipinski definition) is 3. The molecule has 0 aromatic carbocycles. The average molecular weight is 183 g/mol. The Morgan fingerprint density at radius 2 is 2.38 bits per heavy atom. The molecule has 0 aromatic heterocycles. The third kappa shape index (κ3) is 2.59. The van der Waals surface area contributed by atoms with Crippen molar-refractivity contribution in [1.29, 1.82) is 0 Å². The van der Waals surface area contributed by atoms with Crippen molar-refractivity contribution in [1.82, 2.24) is 0 Å². The predicted octanol–water partition coefficient (Wildman–Crippen LogP) is 0.951. The zero-order chi connectivity index (χ0) is 9.84. The van der Waals surface area contributed by atoms with E-state index in [4.69, 9.17) is 10.8 Å². The summed E-state index contributed by atoms with van der Waals surface area (Å²) >= 11 is 0. The summed E-state index contributed by atoms with van der Waals surface area (Å²) in [6.45, 7) is 0. The van der Waals surface area contributed by atoms with Crippen molar-refractivity contribution < 1.29 is 15.0 Å². The smallest absolute Gasteiger partial charge is 0.320 e. The van der Waals surface area contributed by atoms with Gasteiger partial charge in [0.2, 0.25) is 0 Å². The second-order valence-corrected chi connectivity index (χ2v) is 3.06. The van der Waals surface area contributed by atoms with Gasteiger partial charge in [0, 0.05) is 12.8 Å². The van der Waals surface area contributed by atoms with Gasteiger partial charge < -0.3 is 15.9 Å². The van der Waals surface area contributed by atoms with Gasteiger partial charge >= 0.3 is 5.97 Å². The molecule has 0 spiro atoms. The largest absolute Gasteiger partial charge is 0.512 e. The summed E-state index contributed by atoms with van der Waals surface area (Å²) in [5.74, 6) is -0.779. The fourth-order valence-corrected chi connectivity index (χ4v) is 1.21. The minimum atomic E-state index is -1.04. The summed E-state index contributed by atoms with van der Waals surface area (Å²) in [4.78, 5) is 10.4. The minimum absolute atomic E-state index is 0.192. The summed E-state index contributed by atoms with van der Waals surface area (Å²) in [5, 5.41) is 17.9. The molecular weight excluding hydrogens is 170 g/mol. The highest BCUT2D eigenvalue weighted by molar-refractivity contribution is 5.73. The van der Waals surface area contributed by atoms with Crippen LogP contribution in [-0.4, -0.2) is 22.2 Å². The highest BCUT2D eigenvalue weighted by Crippen LogP contribution is 2.19. The molecule has 0 saturated carbocycles. The Morgan fingerprint density at radius 3 is 2.92 bits per heavy atom. The average Bonchev–Trinajstić information content (AvgIpc) is 2.08. The first-order valence-corrected chi connectivity index (χ1v) is 4.17. The van der Waals surface area contributed by atoms with Gasteiger partial charge in [0.25, 0.3) is 0 Å². The molecule has 1 atom stereocenters. The number of allylic oxidation sites excluding steroid dienone is 3. The molecule has 13 heavy (non-hydrogen) atoms. The maximum absolute atomic E-state index is 10.4. The van der Waals surface area contributed by atoms with Crippen LogP contribution in [-0.2, 0) is 4.79 Å². The lowest BCUT2D eigenvalue weighted by atomic mass is 9.99. The van der Waals surface area contributed by atoms with Crippen LogP contribution < -0.4 is 5.73 Å². The third-order valence-electron chi connectivity index (χ3n) is 1.99. The predicted molar refractivity (Wildman–Crippen MR) is 48.3 cm³/mol. The van der Waals surface area contributed by atoms with Crippen molar-refractivity contribution in [2.45, 2.75) is 25.3 Å². The molecule has 1 aliphatic rings. The first kappa shape index (κ1) is 9.80. The second kappa shape index (κ2) is 4.09. The van der Waals surface area contributed by atoms with E-state index in [0.717, 1.165) is 6.42 Å². The number of nitrogens with two attached hydrogens (primary N) is 1. The SMILES string of the molecule is NC(CC1=C(O)CCC=C1)C(=O)O. The molecule has 4 nitrogen and oxygen atoms in total. The van der Waals surface area contributed by atoms with Crippen LogP contribution in [0.2, 0.25) is 0 Å². The van der Waals surface area contributed by atoms with Gasteiger partial charge in [0.1, 0.15) is 6.04 Å². The van der Waals surface area contributed by atoms with Gasteiger partial charge in [-0.15, -0.1) is 0 Å². The molecule has 0 radical (unpaired) electrons. The second-order valence-electron chi connectivity index (χ2n) is 3.06. The van der Waals surface area contributed by atoms with E-state index in [1.807, 2.05) is 6.08 Å². The van der Waals surface area contributed by atoms with Crippen LogP contribution in [0.5, 0.6) is 0 Å². The Bertz CT molecular complexity index is 268. The number of hydrogen-bond donors (Lipinski definition) is 3. The van der Waals surface area contributed by atoms with Crippen LogP contribution in [0.25, 0.3) is 0 Å². The maximum atomic E-state index is 10.4. The lowest BCUT2D eigenvalue weighted by molar-refractivity contribution is -0.138. The van der Waals surface area contributed by atoms with Crippen LogP contribution >= 0.6 is 0 Å². The molecule has 1 rings (SSSR count). The van der Waals surface area contributed by atoms with Gasteiger partial charge in [0.15, 0.2) is 0 Å². The van der Waals surface area contributed by atoms with Crippen molar-refractivity contribution in [2.24, 2.45) is 5.73 Å². The molecule has 0 saturated heterocycles. The number of carbonyl (C=O) groups is 1. The number of aliphatic hydroxyl groups is 1. The zero-order valence-electron chi connectivity index (χ0n) is 7.23. The van der Waals surface area contributed by atoms with Gasteiger partial charge in [-0.25, -0.2) is 0 Å². The molecule has 0 aliphatic heterocycles. The van der Waals surface area contributed by atoms with E-state index < -0.39 is 12.0 Å². The van der Waals surface area contributed by atoms with Gasteiger partial charge in [-0.3, -0.25) is 4.79 Å². The van der Waals surface area contributed by atoms with E-state index in [0.29, 0.717) is 12.0 Å². The standard InChI is InChI=1S/C9H13NO3/c10-7(9(12)13)5-6-3-1-2-4-8(6)11/h1,3,7,11H,2,4-5,10H2,(H,12,13). The molecule has 4 N–H and O–H groups in total. The quantitative estimate of drug-likeness (QED) is 0.608. The van der Waals surface area contributed by atoms with Crippen LogP contribution in [0.4, 0.5) is 0 Å². The first-order chi connectivity index (χ1) is 6.11. The van der Waals surface area contributed by atoms with Gasteiger partial charge in [-0.1, -0.05) is 12.2 Å². The van der Waals surface area contributed by atoms with Gasteiger partial charge in [-0.2, -0.15) is 0 Å².